The van der Waals surface area contributed by atoms with Gasteiger partial charge in [0.15, 0.2) is 0 Å². The molecule has 2 amide bonds. The van der Waals surface area contributed by atoms with Gasteiger partial charge in [0, 0.05) is 24.2 Å². The number of phenolic OH excluding ortho intramolecular Hbond substituents is 1. The van der Waals surface area contributed by atoms with E-state index in [-0.39, 0.29) is 29.7 Å². The zero-order chi connectivity index (χ0) is 24.0. The number of aromatic hydroxyl groups is 1. The summed E-state index contributed by atoms with van der Waals surface area (Å²) in [6, 6.07) is 11.2. The van der Waals surface area contributed by atoms with Crippen molar-refractivity contribution in [2.75, 3.05) is 11.9 Å². The summed E-state index contributed by atoms with van der Waals surface area (Å²) < 4.78 is 38.7. The first-order valence-corrected chi connectivity index (χ1v) is 11.4. The Morgan fingerprint density at radius 3 is 2.61 bits per heavy atom. The number of rotatable bonds is 8. The highest BCUT2D eigenvalue weighted by Crippen LogP contribution is 2.34. The van der Waals surface area contributed by atoms with Gasteiger partial charge in [-0.05, 0) is 43.2 Å². The first kappa shape index (κ1) is 24.8. The molecule has 0 unspecified atom stereocenters. The van der Waals surface area contributed by atoms with Crippen LogP contribution in [0.1, 0.15) is 36.8 Å². The second kappa shape index (κ2) is 10.8. The maximum absolute atomic E-state index is 12.8. The molecule has 2 aromatic rings. The van der Waals surface area contributed by atoms with Crippen molar-refractivity contribution in [2.24, 2.45) is 0 Å². The molecule has 0 bridgehead atoms. The van der Waals surface area contributed by atoms with Crippen LogP contribution in [0.3, 0.4) is 0 Å². The van der Waals surface area contributed by atoms with Crippen LogP contribution < -0.4 is 5.32 Å². The van der Waals surface area contributed by atoms with E-state index in [0.29, 0.717) is 40.6 Å². The number of nitrogens with one attached hydrogen (secondary N) is 1. The van der Waals surface area contributed by atoms with Crippen LogP contribution in [-0.4, -0.2) is 32.7 Å². The number of hydrogen-bond donors (Lipinski definition) is 2. The number of hydrogen-bond acceptors (Lipinski definition) is 5. The lowest BCUT2D eigenvalue weighted by molar-refractivity contribution is -0.137. The van der Waals surface area contributed by atoms with Crippen molar-refractivity contribution in [2.45, 2.75) is 31.9 Å². The third-order valence-electron chi connectivity index (χ3n) is 4.86. The third kappa shape index (κ3) is 6.82. The smallest absolute Gasteiger partial charge is 0.416 e. The number of anilines is 1. The minimum atomic E-state index is -4.47. The molecule has 1 aliphatic heterocycles. The maximum atomic E-state index is 12.8. The Balaban J connectivity index is 1.43. The number of benzene rings is 2. The van der Waals surface area contributed by atoms with Gasteiger partial charge in [0.1, 0.15) is 10.1 Å². The first-order chi connectivity index (χ1) is 15.6. The molecule has 3 rings (SSSR count). The van der Waals surface area contributed by atoms with Crippen molar-refractivity contribution < 1.29 is 27.9 Å². The largest absolute Gasteiger partial charge is 0.507 e. The normalized spacial score (nSPS) is 15.4. The van der Waals surface area contributed by atoms with E-state index in [4.69, 9.17) is 12.2 Å². The fourth-order valence-electron chi connectivity index (χ4n) is 3.17. The average Bonchev–Trinajstić information content (AvgIpc) is 3.02. The summed E-state index contributed by atoms with van der Waals surface area (Å²) >= 11 is 6.46. The summed E-state index contributed by atoms with van der Waals surface area (Å²) in [6.45, 7) is 0.401. The molecule has 1 saturated heterocycles. The molecule has 2 aromatic carbocycles. The molecule has 2 N–H and O–H groups in total. The second-order valence-electron chi connectivity index (χ2n) is 7.33. The Morgan fingerprint density at radius 1 is 1.12 bits per heavy atom. The molecule has 0 spiro atoms. The van der Waals surface area contributed by atoms with Crippen LogP contribution in [0, 0.1) is 0 Å². The number of halogens is 3. The van der Waals surface area contributed by atoms with Crippen molar-refractivity contribution in [3.8, 4) is 5.75 Å². The quantitative estimate of drug-likeness (QED) is 0.275. The van der Waals surface area contributed by atoms with E-state index in [1.165, 1.54) is 34.9 Å². The van der Waals surface area contributed by atoms with E-state index < -0.39 is 11.7 Å². The molecule has 0 atom stereocenters. The van der Waals surface area contributed by atoms with Crippen LogP contribution in [0.5, 0.6) is 5.75 Å². The Labute approximate surface area is 198 Å². The van der Waals surface area contributed by atoms with Crippen LogP contribution in [0.4, 0.5) is 18.9 Å². The summed E-state index contributed by atoms with van der Waals surface area (Å²) in [5.41, 5.74) is -0.186. The minimum absolute atomic E-state index is 0.0752. The number of carbonyl (C=O) groups is 2. The van der Waals surface area contributed by atoms with Crippen LogP contribution in [0.2, 0.25) is 0 Å². The summed E-state index contributed by atoms with van der Waals surface area (Å²) in [4.78, 5) is 26.6. The number of unbranched alkanes of at least 4 members (excludes halogenated alkanes) is 2. The molecule has 0 aromatic heterocycles. The summed E-state index contributed by atoms with van der Waals surface area (Å²) in [6.07, 6.45) is -0.927. The van der Waals surface area contributed by atoms with Gasteiger partial charge >= 0.3 is 6.18 Å². The highest BCUT2D eigenvalue weighted by Gasteiger charge is 2.32. The Bertz CT molecular complexity index is 1090. The van der Waals surface area contributed by atoms with Gasteiger partial charge in [-0.1, -0.05) is 54.7 Å². The average molecular weight is 495 g/mol. The van der Waals surface area contributed by atoms with E-state index >= 15 is 0 Å². The molecule has 1 heterocycles. The number of para-hydroxylation sites is 1. The van der Waals surface area contributed by atoms with E-state index in [9.17, 15) is 27.9 Å². The number of carbonyl (C=O) groups excluding carboxylic acids is 2. The molecular weight excluding hydrogens is 473 g/mol. The van der Waals surface area contributed by atoms with Crippen molar-refractivity contribution in [3.05, 3.63) is 64.6 Å². The first-order valence-electron chi connectivity index (χ1n) is 10.2. The van der Waals surface area contributed by atoms with E-state index in [0.717, 1.165) is 12.1 Å². The molecule has 0 aliphatic carbocycles. The van der Waals surface area contributed by atoms with Gasteiger partial charge in [-0.25, -0.2) is 0 Å². The number of thiocarbonyl (C=S) groups is 1. The van der Waals surface area contributed by atoms with Crippen LogP contribution in [0.25, 0.3) is 6.08 Å². The summed E-state index contributed by atoms with van der Waals surface area (Å²) in [7, 11) is 0. The highest BCUT2D eigenvalue weighted by atomic mass is 32.2. The van der Waals surface area contributed by atoms with E-state index in [2.05, 4.69) is 5.32 Å². The lowest BCUT2D eigenvalue weighted by Gasteiger charge is -2.14. The highest BCUT2D eigenvalue weighted by molar-refractivity contribution is 8.26. The predicted octanol–water partition coefficient (Wildman–Crippen LogP) is 5.81. The molecule has 5 nitrogen and oxygen atoms in total. The molecule has 174 valence electrons. The molecule has 1 fully saturated rings. The van der Waals surface area contributed by atoms with Crippen molar-refractivity contribution in [1.29, 1.82) is 0 Å². The second-order valence-corrected chi connectivity index (χ2v) is 9.01. The Hall–Kier alpha value is -2.85. The van der Waals surface area contributed by atoms with Crippen molar-refractivity contribution >= 4 is 51.9 Å². The number of alkyl halides is 3. The van der Waals surface area contributed by atoms with Crippen molar-refractivity contribution in [1.82, 2.24) is 4.90 Å². The zero-order valence-corrected chi connectivity index (χ0v) is 19.0. The van der Waals surface area contributed by atoms with Gasteiger partial charge < -0.3 is 10.4 Å². The Morgan fingerprint density at radius 2 is 1.88 bits per heavy atom. The Kier molecular flexibility index (Phi) is 8.15. The van der Waals surface area contributed by atoms with Gasteiger partial charge in [-0.3, -0.25) is 14.5 Å². The van der Waals surface area contributed by atoms with Gasteiger partial charge in [0.2, 0.25) is 5.91 Å². The monoisotopic (exact) mass is 494 g/mol. The summed E-state index contributed by atoms with van der Waals surface area (Å²) in [5, 5.41) is 12.4. The summed E-state index contributed by atoms with van der Waals surface area (Å²) in [5.74, 6) is -0.521. The molecule has 10 heteroatoms. The standard InChI is InChI=1S/C23H21F3N2O3S2/c24-23(25,26)16-8-6-9-17(14-16)27-20(30)11-2-1-5-12-28-21(31)19(33-22(28)32)13-15-7-3-4-10-18(15)29/h3-4,6-10,13-14,29H,1-2,5,11-12H2,(H,27,30)/b19-13-. The number of amides is 2. The molecule has 1 aliphatic rings. The van der Waals surface area contributed by atoms with Gasteiger partial charge in [-0.15, -0.1) is 0 Å². The molecule has 0 saturated carbocycles. The molecular formula is C23H21F3N2O3S2. The molecule has 0 radical (unpaired) electrons. The maximum Gasteiger partial charge on any atom is 0.416 e. The van der Waals surface area contributed by atoms with Gasteiger partial charge in [0.05, 0.1) is 10.5 Å². The fraction of sp³-hybridized carbons (Fsp3) is 0.261. The van der Waals surface area contributed by atoms with Gasteiger partial charge in [0.25, 0.3) is 5.91 Å². The number of phenols is 1. The van der Waals surface area contributed by atoms with Crippen LogP contribution >= 0.6 is 24.0 Å². The molecule has 33 heavy (non-hydrogen) atoms. The predicted molar refractivity (Wildman–Crippen MR) is 127 cm³/mol. The lowest BCUT2D eigenvalue weighted by atomic mass is 10.1. The van der Waals surface area contributed by atoms with E-state index in [1.54, 1.807) is 24.3 Å². The third-order valence-corrected chi connectivity index (χ3v) is 6.23. The topological polar surface area (TPSA) is 69.6 Å². The van der Waals surface area contributed by atoms with Crippen LogP contribution in [0.15, 0.2) is 53.4 Å². The van der Waals surface area contributed by atoms with Crippen LogP contribution in [-0.2, 0) is 15.8 Å². The SMILES string of the molecule is O=C(CCCCCN1C(=O)/C(=C/c2ccccc2O)SC1=S)Nc1cccc(C(F)(F)F)c1. The number of thioether (sulfide) groups is 1. The van der Waals surface area contributed by atoms with Crippen molar-refractivity contribution in [3.63, 3.8) is 0 Å². The van der Waals surface area contributed by atoms with E-state index in [1.807, 2.05) is 0 Å². The fourth-order valence-corrected chi connectivity index (χ4v) is 4.47. The lowest BCUT2D eigenvalue weighted by Crippen LogP contribution is -2.29. The number of nitrogens with zero attached hydrogens (tertiary/aromatic N) is 1. The zero-order valence-electron chi connectivity index (χ0n) is 17.4. The van der Waals surface area contributed by atoms with Gasteiger partial charge in [-0.2, -0.15) is 13.2 Å². The minimum Gasteiger partial charge on any atom is -0.507 e.